The van der Waals surface area contributed by atoms with E-state index in [4.69, 9.17) is 4.74 Å². The number of piperazine rings is 1. The number of carbonyl (C=O) groups is 2. The van der Waals surface area contributed by atoms with Gasteiger partial charge in [0.1, 0.15) is 5.60 Å². The number of nitrogens with one attached hydrogen (secondary N) is 1. The summed E-state index contributed by atoms with van der Waals surface area (Å²) in [5, 5.41) is 2.75. The quantitative estimate of drug-likeness (QED) is 0.737. The van der Waals surface area contributed by atoms with Crippen LogP contribution in [0, 0.1) is 0 Å². The molecule has 6 nitrogen and oxygen atoms in total. The van der Waals surface area contributed by atoms with E-state index in [0.717, 1.165) is 37.9 Å². The highest BCUT2D eigenvalue weighted by Crippen LogP contribution is 2.21. The standard InChI is InChI=1S/C21H35N3O3Si/c1-21(2,3)27-20(26)22-17-7-9-18(10-8-17)23-12-14-24(15-13-23)19(25)11-16-28(4,5)6/h7-10H,11-16H2,1-6H3,(H,22,26). The van der Waals surface area contributed by atoms with Crippen molar-refractivity contribution < 1.29 is 14.3 Å². The van der Waals surface area contributed by atoms with Crippen LogP contribution in [-0.4, -0.2) is 56.8 Å². The third-order valence-electron chi connectivity index (χ3n) is 4.60. The van der Waals surface area contributed by atoms with E-state index in [1.165, 1.54) is 0 Å². The number of hydrogen-bond acceptors (Lipinski definition) is 4. The summed E-state index contributed by atoms with van der Waals surface area (Å²) < 4.78 is 5.27. The lowest BCUT2D eigenvalue weighted by Crippen LogP contribution is -2.49. The van der Waals surface area contributed by atoms with E-state index in [1.54, 1.807) is 0 Å². The zero-order valence-corrected chi connectivity index (χ0v) is 19.2. The van der Waals surface area contributed by atoms with Crippen molar-refractivity contribution in [1.29, 1.82) is 0 Å². The summed E-state index contributed by atoms with van der Waals surface area (Å²) in [7, 11) is -1.18. The smallest absolute Gasteiger partial charge is 0.412 e. The summed E-state index contributed by atoms with van der Waals surface area (Å²) >= 11 is 0. The maximum atomic E-state index is 12.4. The third-order valence-corrected chi connectivity index (χ3v) is 6.35. The molecular formula is C21H35N3O3Si. The second-order valence-electron chi connectivity index (χ2n) is 9.60. The minimum absolute atomic E-state index is 0.291. The molecule has 0 aliphatic carbocycles. The van der Waals surface area contributed by atoms with E-state index in [9.17, 15) is 9.59 Å². The Kier molecular flexibility index (Phi) is 7.15. The van der Waals surface area contributed by atoms with Gasteiger partial charge in [0.25, 0.3) is 0 Å². The van der Waals surface area contributed by atoms with Gasteiger partial charge in [-0.15, -0.1) is 0 Å². The topological polar surface area (TPSA) is 61.9 Å². The first-order chi connectivity index (χ1) is 12.9. The molecule has 28 heavy (non-hydrogen) atoms. The van der Waals surface area contributed by atoms with Gasteiger partial charge in [0.05, 0.1) is 0 Å². The molecule has 0 spiro atoms. The molecule has 0 unspecified atom stereocenters. The van der Waals surface area contributed by atoms with Crippen molar-refractivity contribution in [2.45, 2.75) is 58.5 Å². The van der Waals surface area contributed by atoms with Crippen LogP contribution in [0.5, 0.6) is 0 Å². The summed E-state index contributed by atoms with van der Waals surface area (Å²) in [4.78, 5) is 28.5. The number of benzene rings is 1. The Bertz CT molecular complexity index is 670. The summed E-state index contributed by atoms with van der Waals surface area (Å²) in [6.07, 6.45) is 0.228. The van der Waals surface area contributed by atoms with Crippen molar-refractivity contribution in [3.8, 4) is 0 Å². The Labute approximate surface area is 170 Å². The van der Waals surface area contributed by atoms with Gasteiger partial charge < -0.3 is 14.5 Å². The van der Waals surface area contributed by atoms with Crippen molar-refractivity contribution >= 4 is 31.4 Å². The van der Waals surface area contributed by atoms with Gasteiger partial charge in [-0.05, 0) is 51.1 Å². The normalized spacial score (nSPS) is 15.4. The molecule has 1 saturated heterocycles. The van der Waals surface area contributed by atoms with Crippen LogP contribution in [0.1, 0.15) is 27.2 Å². The van der Waals surface area contributed by atoms with Crippen LogP contribution < -0.4 is 10.2 Å². The van der Waals surface area contributed by atoms with Crippen LogP contribution in [0.4, 0.5) is 16.2 Å². The molecule has 1 aliphatic heterocycles. The first kappa shape index (κ1) is 22.3. The van der Waals surface area contributed by atoms with E-state index in [1.807, 2.05) is 49.9 Å². The third kappa shape index (κ3) is 7.54. The van der Waals surface area contributed by atoms with Gasteiger partial charge in [-0.25, -0.2) is 4.79 Å². The number of hydrogen-bond donors (Lipinski definition) is 1. The van der Waals surface area contributed by atoms with Crippen LogP contribution in [0.15, 0.2) is 24.3 Å². The average molecular weight is 406 g/mol. The second-order valence-corrected chi connectivity index (χ2v) is 15.2. The predicted octanol–water partition coefficient (Wildman–Crippen LogP) is 4.41. The van der Waals surface area contributed by atoms with Crippen LogP contribution in [0.3, 0.4) is 0 Å². The second kappa shape index (κ2) is 8.98. The number of rotatable bonds is 5. The Balaban J connectivity index is 1.83. The number of amides is 2. The zero-order chi connectivity index (χ0) is 20.9. The SMILES string of the molecule is CC(C)(C)OC(=O)Nc1ccc(N2CCN(C(=O)CC[Si](C)(C)C)CC2)cc1. The number of ether oxygens (including phenoxy) is 1. The van der Waals surface area contributed by atoms with Crippen molar-refractivity contribution in [3.63, 3.8) is 0 Å². The summed E-state index contributed by atoms with van der Waals surface area (Å²) in [5.74, 6) is 0.291. The highest BCUT2D eigenvalue weighted by molar-refractivity contribution is 6.76. The summed E-state index contributed by atoms with van der Waals surface area (Å²) in [6.45, 7) is 15.6. The zero-order valence-electron chi connectivity index (χ0n) is 18.2. The molecular weight excluding hydrogens is 370 g/mol. The molecule has 1 heterocycles. The van der Waals surface area contributed by atoms with Crippen molar-refractivity contribution in [3.05, 3.63) is 24.3 Å². The number of carbonyl (C=O) groups excluding carboxylic acids is 2. The van der Waals surface area contributed by atoms with Gasteiger partial charge >= 0.3 is 6.09 Å². The fourth-order valence-corrected chi connectivity index (χ4v) is 4.00. The molecule has 1 aliphatic rings. The summed E-state index contributed by atoms with van der Waals surface area (Å²) in [5.41, 5.74) is 1.29. The summed E-state index contributed by atoms with van der Waals surface area (Å²) in [6, 6.07) is 8.80. The van der Waals surface area contributed by atoms with Crippen LogP contribution in [0.2, 0.25) is 25.7 Å². The average Bonchev–Trinajstić information content (AvgIpc) is 2.58. The van der Waals surface area contributed by atoms with E-state index < -0.39 is 19.8 Å². The molecule has 0 saturated carbocycles. The van der Waals surface area contributed by atoms with E-state index >= 15 is 0 Å². The minimum atomic E-state index is -1.18. The molecule has 1 fully saturated rings. The number of nitrogens with zero attached hydrogens (tertiary/aromatic N) is 2. The van der Waals surface area contributed by atoms with Gasteiger partial charge in [0.15, 0.2) is 0 Å². The van der Waals surface area contributed by atoms with Gasteiger partial charge in [-0.1, -0.05) is 19.6 Å². The molecule has 2 amide bonds. The van der Waals surface area contributed by atoms with E-state index in [0.29, 0.717) is 18.0 Å². The molecule has 2 rings (SSSR count). The first-order valence-corrected chi connectivity index (χ1v) is 13.8. The van der Waals surface area contributed by atoms with Crippen molar-refractivity contribution in [2.24, 2.45) is 0 Å². The predicted molar refractivity (Wildman–Crippen MR) is 118 cm³/mol. The first-order valence-electron chi connectivity index (χ1n) is 10.1. The highest BCUT2D eigenvalue weighted by Gasteiger charge is 2.23. The molecule has 0 bridgehead atoms. The maximum absolute atomic E-state index is 12.4. The maximum Gasteiger partial charge on any atom is 0.412 e. The molecule has 1 N–H and O–H groups in total. The van der Waals surface area contributed by atoms with Gasteiger partial charge in [0, 0.05) is 52.0 Å². The van der Waals surface area contributed by atoms with Crippen LogP contribution >= 0.6 is 0 Å². The molecule has 0 atom stereocenters. The minimum Gasteiger partial charge on any atom is -0.444 e. The lowest BCUT2D eigenvalue weighted by molar-refractivity contribution is -0.131. The molecule has 0 aromatic heterocycles. The fourth-order valence-electron chi connectivity index (χ4n) is 3.03. The van der Waals surface area contributed by atoms with Gasteiger partial charge in [0.2, 0.25) is 5.91 Å². The van der Waals surface area contributed by atoms with Crippen molar-refractivity contribution in [2.75, 3.05) is 36.4 Å². The molecule has 0 radical (unpaired) electrons. The molecule has 7 heteroatoms. The van der Waals surface area contributed by atoms with Crippen molar-refractivity contribution in [1.82, 2.24) is 4.90 Å². The largest absolute Gasteiger partial charge is 0.444 e. The van der Waals surface area contributed by atoms with Crippen LogP contribution in [0.25, 0.3) is 0 Å². The van der Waals surface area contributed by atoms with Crippen LogP contribution in [-0.2, 0) is 9.53 Å². The molecule has 1 aromatic rings. The Morgan fingerprint density at radius 2 is 1.61 bits per heavy atom. The van der Waals surface area contributed by atoms with E-state index in [2.05, 4.69) is 29.9 Å². The number of anilines is 2. The fraction of sp³-hybridized carbons (Fsp3) is 0.619. The molecule has 156 valence electrons. The highest BCUT2D eigenvalue weighted by atomic mass is 28.3. The lowest BCUT2D eigenvalue weighted by Gasteiger charge is -2.36. The Morgan fingerprint density at radius 1 is 1.04 bits per heavy atom. The van der Waals surface area contributed by atoms with Gasteiger partial charge in [-0.2, -0.15) is 0 Å². The Morgan fingerprint density at radius 3 is 2.11 bits per heavy atom. The monoisotopic (exact) mass is 405 g/mol. The van der Waals surface area contributed by atoms with Gasteiger partial charge in [-0.3, -0.25) is 10.1 Å². The molecule has 1 aromatic carbocycles. The van der Waals surface area contributed by atoms with E-state index in [-0.39, 0.29) is 0 Å². The Hall–Kier alpha value is -2.02. The lowest BCUT2D eigenvalue weighted by atomic mass is 10.2.